The summed E-state index contributed by atoms with van der Waals surface area (Å²) in [6.07, 6.45) is 8.47. The Balaban J connectivity index is 4.34. The van der Waals surface area contributed by atoms with Crippen molar-refractivity contribution < 1.29 is 43.2 Å². The molecule has 0 heterocycles. The van der Waals surface area contributed by atoms with Gasteiger partial charge in [0.1, 0.15) is 11.2 Å². The SMILES string of the molecule is CC(C)(C)OC(=O)CCOCC(COCCC(=O)OC(C)(C)C)NC(=O)CCCCCCCCCCC(=O)O. The Hall–Kier alpha value is -2.20. The Kier molecular flexibility index (Phi) is 19.5. The van der Waals surface area contributed by atoms with E-state index in [1.807, 2.05) is 0 Å². The summed E-state index contributed by atoms with van der Waals surface area (Å²) in [5, 5.41) is 11.6. The molecule has 0 aliphatic carbocycles. The summed E-state index contributed by atoms with van der Waals surface area (Å²) in [6.45, 7) is 11.5. The zero-order valence-corrected chi connectivity index (χ0v) is 25.1. The summed E-state index contributed by atoms with van der Waals surface area (Å²) in [4.78, 5) is 46.8. The fourth-order valence-corrected chi connectivity index (χ4v) is 3.60. The number of aliphatic carboxylic acids is 1. The van der Waals surface area contributed by atoms with Crippen molar-refractivity contribution in [3.05, 3.63) is 0 Å². The van der Waals surface area contributed by atoms with E-state index in [9.17, 15) is 19.2 Å². The lowest BCUT2D eigenvalue weighted by molar-refractivity contribution is -0.157. The fourth-order valence-electron chi connectivity index (χ4n) is 3.60. The van der Waals surface area contributed by atoms with Crippen molar-refractivity contribution >= 4 is 23.8 Å². The maximum absolute atomic E-state index is 12.5. The Morgan fingerprint density at radius 3 is 1.38 bits per heavy atom. The minimum Gasteiger partial charge on any atom is -0.481 e. The van der Waals surface area contributed by atoms with Crippen LogP contribution < -0.4 is 5.32 Å². The van der Waals surface area contributed by atoms with Gasteiger partial charge in [0.2, 0.25) is 5.91 Å². The zero-order chi connectivity index (χ0) is 29.7. The molecule has 0 aromatic rings. The standard InChI is InChI=1S/C29H53NO9/c1-28(2,3)38-26(34)17-19-36-21-23(22-37-20-18-27(35)39-29(4,5)6)30-24(31)15-13-11-9-7-8-10-12-14-16-25(32)33/h23H,7-22H2,1-6H3,(H,30,31)(H,32,33). The lowest BCUT2D eigenvalue weighted by Gasteiger charge is -2.21. The number of carboxylic acid groups (broad SMARTS) is 1. The van der Waals surface area contributed by atoms with E-state index in [1.165, 1.54) is 0 Å². The summed E-state index contributed by atoms with van der Waals surface area (Å²) < 4.78 is 21.8. The van der Waals surface area contributed by atoms with Gasteiger partial charge in [0.15, 0.2) is 0 Å². The van der Waals surface area contributed by atoms with Crippen LogP contribution in [0.2, 0.25) is 0 Å². The third kappa shape index (κ3) is 27.2. The van der Waals surface area contributed by atoms with E-state index in [0.717, 1.165) is 51.4 Å². The number of carbonyl (C=O) groups is 4. The highest BCUT2D eigenvalue weighted by Gasteiger charge is 2.18. The van der Waals surface area contributed by atoms with Crippen molar-refractivity contribution in [2.24, 2.45) is 0 Å². The second kappa shape index (κ2) is 20.7. The molecule has 0 unspecified atom stereocenters. The van der Waals surface area contributed by atoms with Crippen LogP contribution in [-0.2, 0) is 38.1 Å². The normalized spacial score (nSPS) is 11.9. The van der Waals surface area contributed by atoms with Crippen LogP contribution in [0.3, 0.4) is 0 Å². The van der Waals surface area contributed by atoms with E-state index < -0.39 is 23.2 Å². The lowest BCUT2D eigenvalue weighted by Crippen LogP contribution is -2.42. The largest absolute Gasteiger partial charge is 0.481 e. The molecule has 39 heavy (non-hydrogen) atoms. The number of amides is 1. The summed E-state index contributed by atoms with van der Waals surface area (Å²) in [5.41, 5.74) is -1.12. The maximum Gasteiger partial charge on any atom is 0.308 e. The molecule has 0 aromatic carbocycles. The van der Waals surface area contributed by atoms with Gasteiger partial charge in [-0.1, -0.05) is 38.5 Å². The average molecular weight is 560 g/mol. The summed E-state index contributed by atoms with van der Waals surface area (Å²) in [6, 6.07) is -0.416. The van der Waals surface area contributed by atoms with Gasteiger partial charge in [-0.25, -0.2) is 0 Å². The molecular weight excluding hydrogens is 506 g/mol. The number of nitrogens with one attached hydrogen (secondary N) is 1. The molecule has 0 aliphatic rings. The minimum atomic E-state index is -0.741. The van der Waals surface area contributed by atoms with Crippen molar-refractivity contribution in [1.29, 1.82) is 0 Å². The highest BCUT2D eigenvalue weighted by molar-refractivity contribution is 5.76. The van der Waals surface area contributed by atoms with Crippen molar-refractivity contribution in [3.8, 4) is 0 Å². The first-order chi connectivity index (χ1) is 18.2. The third-order valence-electron chi connectivity index (χ3n) is 5.29. The van der Waals surface area contributed by atoms with Crippen LogP contribution in [0.25, 0.3) is 0 Å². The predicted octanol–water partition coefficient (Wildman–Crippen LogP) is 4.95. The molecule has 0 aliphatic heterocycles. The summed E-state index contributed by atoms with van der Waals surface area (Å²) in [7, 11) is 0. The van der Waals surface area contributed by atoms with Gasteiger partial charge in [0.25, 0.3) is 0 Å². The van der Waals surface area contributed by atoms with Crippen LogP contribution in [-0.4, -0.2) is 72.6 Å². The first-order valence-corrected chi connectivity index (χ1v) is 14.3. The first-order valence-electron chi connectivity index (χ1n) is 14.3. The van der Waals surface area contributed by atoms with Crippen molar-refractivity contribution in [2.45, 2.75) is 136 Å². The van der Waals surface area contributed by atoms with E-state index in [4.69, 9.17) is 24.1 Å². The van der Waals surface area contributed by atoms with Gasteiger partial charge < -0.3 is 29.4 Å². The van der Waals surface area contributed by atoms with Crippen LogP contribution in [0.4, 0.5) is 0 Å². The molecule has 0 spiro atoms. The number of ether oxygens (including phenoxy) is 4. The number of hydrogen-bond acceptors (Lipinski definition) is 8. The molecule has 0 bridgehead atoms. The average Bonchev–Trinajstić information content (AvgIpc) is 2.78. The zero-order valence-electron chi connectivity index (χ0n) is 25.1. The molecule has 0 rings (SSSR count). The topological polar surface area (TPSA) is 137 Å². The third-order valence-corrected chi connectivity index (χ3v) is 5.29. The quantitative estimate of drug-likeness (QED) is 0.139. The molecule has 10 nitrogen and oxygen atoms in total. The highest BCUT2D eigenvalue weighted by Crippen LogP contribution is 2.12. The van der Waals surface area contributed by atoms with Crippen LogP contribution in [0, 0.1) is 0 Å². The predicted molar refractivity (Wildman–Crippen MR) is 148 cm³/mol. The Morgan fingerprint density at radius 2 is 1.00 bits per heavy atom. The van der Waals surface area contributed by atoms with Crippen LogP contribution in [0.15, 0.2) is 0 Å². The number of carbonyl (C=O) groups excluding carboxylic acids is 3. The monoisotopic (exact) mass is 559 g/mol. The van der Waals surface area contributed by atoms with Crippen LogP contribution in [0.1, 0.15) is 119 Å². The van der Waals surface area contributed by atoms with Crippen molar-refractivity contribution in [2.75, 3.05) is 26.4 Å². The second-order valence-electron chi connectivity index (χ2n) is 11.8. The number of hydrogen-bond donors (Lipinski definition) is 2. The van der Waals surface area contributed by atoms with Gasteiger partial charge >= 0.3 is 17.9 Å². The molecule has 10 heteroatoms. The molecule has 1 amide bonds. The molecule has 0 saturated carbocycles. The van der Waals surface area contributed by atoms with Gasteiger partial charge in [-0.05, 0) is 54.4 Å². The van der Waals surface area contributed by atoms with Gasteiger partial charge in [-0.2, -0.15) is 0 Å². The number of unbranched alkanes of at least 4 members (excludes halogenated alkanes) is 7. The maximum atomic E-state index is 12.5. The fraction of sp³-hybridized carbons (Fsp3) is 0.862. The molecule has 0 fully saturated rings. The Labute approximate surface area is 234 Å². The highest BCUT2D eigenvalue weighted by atomic mass is 16.6. The van der Waals surface area contributed by atoms with E-state index in [-0.39, 0.29) is 63.5 Å². The van der Waals surface area contributed by atoms with Gasteiger partial charge in [0.05, 0.1) is 45.3 Å². The molecule has 228 valence electrons. The van der Waals surface area contributed by atoms with E-state index in [2.05, 4.69) is 5.32 Å². The Morgan fingerprint density at radius 1 is 0.615 bits per heavy atom. The molecule has 0 aromatic heterocycles. The van der Waals surface area contributed by atoms with Crippen LogP contribution in [0.5, 0.6) is 0 Å². The Bertz CT molecular complexity index is 675. The summed E-state index contributed by atoms with van der Waals surface area (Å²) >= 11 is 0. The van der Waals surface area contributed by atoms with Crippen LogP contribution >= 0.6 is 0 Å². The summed E-state index contributed by atoms with van der Waals surface area (Å²) in [5.74, 6) is -1.54. The van der Waals surface area contributed by atoms with E-state index in [1.54, 1.807) is 41.5 Å². The molecule has 0 saturated heterocycles. The van der Waals surface area contributed by atoms with Crippen molar-refractivity contribution in [1.82, 2.24) is 5.32 Å². The van der Waals surface area contributed by atoms with Crippen molar-refractivity contribution in [3.63, 3.8) is 0 Å². The first kappa shape index (κ1) is 36.8. The lowest BCUT2D eigenvalue weighted by atomic mass is 10.1. The number of carboxylic acids is 1. The smallest absolute Gasteiger partial charge is 0.308 e. The molecule has 0 radical (unpaired) electrons. The minimum absolute atomic E-state index is 0.0971. The van der Waals surface area contributed by atoms with Gasteiger partial charge in [-0.15, -0.1) is 0 Å². The molecule has 0 atom stereocenters. The second-order valence-corrected chi connectivity index (χ2v) is 11.8. The molecular formula is C29H53NO9. The van der Waals surface area contributed by atoms with E-state index in [0.29, 0.717) is 6.42 Å². The number of esters is 2. The van der Waals surface area contributed by atoms with E-state index >= 15 is 0 Å². The number of rotatable bonds is 22. The van der Waals surface area contributed by atoms with Gasteiger partial charge in [-0.3, -0.25) is 19.2 Å². The van der Waals surface area contributed by atoms with Gasteiger partial charge in [0, 0.05) is 12.8 Å². The molecule has 2 N–H and O–H groups in total.